The van der Waals surface area contributed by atoms with E-state index in [0.29, 0.717) is 17.9 Å². The van der Waals surface area contributed by atoms with Crippen molar-refractivity contribution in [3.05, 3.63) is 94.2 Å². The van der Waals surface area contributed by atoms with Gasteiger partial charge in [-0.15, -0.1) is 0 Å². The third-order valence-electron chi connectivity index (χ3n) is 6.91. The van der Waals surface area contributed by atoms with E-state index in [9.17, 15) is 4.39 Å². The normalized spacial score (nSPS) is 18.2. The van der Waals surface area contributed by atoms with Crippen molar-refractivity contribution in [2.24, 2.45) is 10.7 Å². The van der Waals surface area contributed by atoms with Gasteiger partial charge in [0.2, 0.25) is 0 Å². The number of aryl methyl sites for hydroxylation is 2. The van der Waals surface area contributed by atoms with Crippen LogP contribution in [0.4, 0.5) is 10.1 Å². The predicted molar refractivity (Wildman–Crippen MR) is 152 cm³/mol. The standard InChI is InChI=1S/C29H32FN5S/c1-4-32-24-17-25(20-8-7-9-21(16-20)35-14-5-6-15-35)36-28(24)29(31)33-13-12-22-19(3)34-27-23(30)11-10-18(2)26(22)27/h4,7-11,16-17,33-34H,1,5-6,12-15,31H2,2-3H3/b29-28-,32-24-. The smallest absolute Gasteiger partial charge is 0.147 e. The second-order valence-corrected chi connectivity index (χ2v) is 10.4. The van der Waals surface area contributed by atoms with Gasteiger partial charge in [0.05, 0.1) is 16.1 Å². The minimum absolute atomic E-state index is 0.223. The van der Waals surface area contributed by atoms with Crippen molar-refractivity contribution < 1.29 is 4.39 Å². The molecule has 5 rings (SSSR count). The highest BCUT2D eigenvalue weighted by atomic mass is 32.2. The van der Waals surface area contributed by atoms with E-state index in [1.165, 1.54) is 24.6 Å². The zero-order valence-corrected chi connectivity index (χ0v) is 21.6. The minimum atomic E-state index is -0.223. The zero-order valence-electron chi connectivity index (χ0n) is 20.8. The van der Waals surface area contributed by atoms with Crippen LogP contribution in [0.25, 0.3) is 15.8 Å². The molecule has 2 aromatic carbocycles. The van der Waals surface area contributed by atoms with Gasteiger partial charge in [-0.25, -0.2) is 4.39 Å². The first-order valence-corrected chi connectivity index (χ1v) is 13.2. The maximum absolute atomic E-state index is 14.3. The molecule has 1 fully saturated rings. The number of rotatable bonds is 7. The van der Waals surface area contributed by atoms with Crippen molar-refractivity contribution in [3.8, 4) is 0 Å². The van der Waals surface area contributed by atoms with E-state index in [1.54, 1.807) is 18.0 Å². The Bertz CT molecular complexity index is 1410. The lowest BCUT2D eigenvalue weighted by Gasteiger charge is -2.18. The number of benzene rings is 2. The highest BCUT2D eigenvalue weighted by molar-refractivity contribution is 8.13. The number of nitrogens with one attached hydrogen (secondary N) is 2. The number of nitrogens with two attached hydrogens (primary N) is 1. The maximum Gasteiger partial charge on any atom is 0.147 e. The molecule has 5 nitrogen and oxygen atoms in total. The molecule has 0 spiro atoms. The number of fused-ring (bicyclic) bond motifs is 1. The fourth-order valence-electron chi connectivity index (χ4n) is 5.10. The summed E-state index contributed by atoms with van der Waals surface area (Å²) < 4.78 is 14.3. The fraction of sp³-hybridized carbons (Fsp3) is 0.276. The van der Waals surface area contributed by atoms with Gasteiger partial charge in [0.15, 0.2) is 0 Å². The number of anilines is 1. The predicted octanol–water partition coefficient (Wildman–Crippen LogP) is 6.16. The number of hydrogen-bond acceptors (Lipinski definition) is 5. The molecule has 0 unspecified atom stereocenters. The van der Waals surface area contributed by atoms with Crippen LogP contribution < -0.4 is 16.0 Å². The third kappa shape index (κ3) is 4.67. The third-order valence-corrected chi connectivity index (χ3v) is 8.12. The molecular formula is C29H32FN5S. The fourth-order valence-corrected chi connectivity index (χ4v) is 6.13. The molecular weight excluding hydrogens is 469 g/mol. The van der Waals surface area contributed by atoms with Gasteiger partial charge in [0.25, 0.3) is 0 Å². The molecule has 0 bridgehead atoms. The summed E-state index contributed by atoms with van der Waals surface area (Å²) in [5, 5.41) is 4.34. The van der Waals surface area contributed by atoms with Gasteiger partial charge < -0.3 is 20.9 Å². The first-order chi connectivity index (χ1) is 17.5. The van der Waals surface area contributed by atoms with Crippen LogP contribution in [0.5, 0.6) is 0 Å². The first-order valence-electron chi connectivity index (χ1n) is 12.4. The van der Waals surface area contributed by atoms with Gasteiger partial charge in [-0.2, -0.15) is 0 Å². The number of allylic oxidation sites excluding steroid dienone is 2. The number of thioether (sulfide) groups is 1. The molecule has 186 valence electrons. The number of aliphatic imine (C=N–C) groups is 1. The number of aromatic amines is 1. The number of halogens is 1. The Morgan fingerprint density at radius 3 is 2.83 bits per heavy atom. The van der Waals surface area contributed by atoms with Gasteiger partial charge >= 0.3 is 0 Å². The van der Waals surface area contributed by atoms with Crippen molar-refractivity contribution in [2.45, 2.75) is 33.1 Å². The van der Waals surface area contributed by atoms with E-state index in [2.05, 4.69) is 57.1 Å². The quantitative estimate of drug-likeness (QED) is 0.363. The van der Waals surface area contributed by atoms with Crippen molar-refractivity contribution in [3.63, 3.8) is 0 Å². The summed E-state index contributed by atoms with van der Waals surface area (Å²) >= 11 is 1.63. The van der Waals surface area contributed by atoms with Crippen molar-refractivity contribution in [2.75, 3.05) is 24.5 Å². The first kappa shape index (κ1) is 24.3. The van der Waals surface area contributed by atoms with Crippen LogP contribution >= 0.6 is 11.8 Å². The Labute approximate surface area is 216 Å². The molecule has 0 radical (unpaired) electrons. The SMILES string of the molecule is C=C/N=C1/C=C(c2cccc(N3CCCC3)c2)S/C1=C(/N)NCCc1c(C)[nH]c2c(F)ccc(C)c12. The summed E-state index contributed by atoms with van der Waals surface area (Å²) in [6, 6.07) is 12.0. The van der Waals surface area contributed by atoms with Gasteiger partial charge in [-0.05, 0) is 74.1 Å². The van der Waals surface area contributed by atoms with Gasteiger partial charge in [-0.1, -0.05) is 36.5 Å². The van der Waals surface area contributed by atoms with Crippen molar-refractivity contribution >= 4 is 39.0 Å². The second kappa shape index (κ2) is 10.3. The monoisotopic (exact) mass is 501 g/mol. The summed E-state index contributed by atoms with van der Waals surface area (Å²) in [5.41, 5.74) is 13.5. The van der Waals surface area contributed by atoms with Crippen LogP contribution in [0.3, 0.4) is 0 Å². The Hall–Kier alpha value is -3.45. The van der Waals surface area contributed by atoms with E-state index in [4.69, 9.17) is 5.73 Å². The molecule has 0 saturated carbocycles. The van der Waals surface area contributed by atoms with E-state index in [0.717, 1.165) is 62.8 Å². The summed E-state index contributed by atoms with van der Waals surface area (Å²) in [4.78, 5) is 12.2. The molecule has 0 aliphatic carbocycles. The molecule has 0 atom stereocenters. The Balaban J connectivity index is 1.34. The number of aromatic nitrogens is 1. The molecule has 7 heteroatoms. The number of hydrogen-bond donors (Lipinski definition) is 3. The lowest BCUT2D eigenvalue weighted by Crippen LogP contribution is -2.25. The van der Waals surface area contributed by atoms with Crippen LogP contribution in [0.2, 0.25) is 0 Å². The van der Waals surface area contributed by atoms with Gasteiger partial charge in [0.1, 0.15) is 11.6 Å². The lowest BCUT2D eigenvalue weighted by atomic mass is 10.0. The largest absolute Gasteiger partial charge is 0.385 e. The molecule has 3 heterocycles. The molecule has 1 aromatic heterocycles. The Kier molecular flexibility index (Phi) is 6.92. The molecule has 0 amide bonds. The number of nitrogens with zero attached hydrogens (tertiary/aromatic N) is 2. The average Bonchev–Trinajstić information content (AvgIpc) is 3.62. The summed E-state index contributed by atoms with van der Waals surface area (Å²) in [6.45, 7) is 10.6. The Morgan fingerprint density at radius 2 is 2.06 bits per heavy atom. The molecule has 1 saturated heterocycles. The van der Waals surface area contributed by atoms with Crippen LogP contribution in [0.15, 0.2) is 71.0 Å². The summed E-state index contributed by atoms with van der Waals surface area (Å²) in [7, 11) is 0. The summed E-state index contributed by atoms with van der Waals surface area (Å²) in [5.74, 6) is 0.363. The van der Waals surface area contributed by atoms with Gasteiger partial charge in [-0.3, -0.25) is 4.99 Å². The van der Waals surface area contributed by atoms with Gasteiger partial charge in [0, 0.05) is 47.5 Å². The molecule has 36 heavy (non-hydrogen) atoms. The van der Waals surface area contributed by atoms with Crippen LogP contribution in [0, 0.1) is 19.7 Å². The highest BCUT2D eigenvalue weighted by Crippen LogP contribution is 2.42. The Morgan fingerprint density at radius 1 is 1.25 bits per heavy atom. The van der Waals surface area contributed by atoms with Crippen LogP contribution in [-0.4, -0.2) is 30.3 Å². The van der Waals surface area contributed by atoms with Crippen molar-refractivity contribution in [1.29, 1.82) is 0 Å². The lowest BCUT2D eigenvalue weighted by molar-refractivity contribution is 0.637. The van der Waals surface area contributed by atoms with E-state index >= 15 is 0 Å². The molecule has 2 aliphatic rings. The van der Waals surface area contributed by atoms with E-state index in [-0.39, 0.29) is 5.82 Å². The average molecular weight is 502 g/mol. The minimum Gasteiger partial charge on any atom is -0.385 e. The van der Waals surface area contributed by atoms with Crippen LogP contribution in [-0.2, 0) is 6.42 Å². The van der Waals surface area contributed by atoms with Crippen molar-refractivity contribution in [1.82, 2.24) is 10.3 Å². The maximum atomic E-state index is 14.3. The topological polar surface area (TPSA) is 69.4 Å². The van der Waals surface area contributed by atoms with Crippen LogP contribution in [0.1, 0.15) is 35.2 Å². The summed E-state index contributed by atoms with van der Waals surface area (Å²) in [6.07, 6.45) is 6.85. The van der Waals surface area contributed by atoms with E-state index in [1.807, 2.05) is 19.9 Å². The highest BCUT2D eigenvalue weighted by Gasteiger charge is 2.23. The van der Waals surface area contributed by atoms with E-state index < -0.39 is 0 Å². The zero-order chi connectivity index (χ0) is 25.2. The molecule has 2 aliphatic heterocycles. The second-order valence-electron chi connectivity index (χ2n) is 9.31. The number of H-pyrrole nitrogens is 1. The molecule has 3 aromatic rings. The molecule has 4 N–H and O–H groups in total.